The fraction of sp³-hybridized carbons (Fsp3) is 0.259. The van der Waals surface area contributed by atoms with Crippen LogP contribution in [-0.2, 0) is 11.3 Å². The lowest BCUT2D eigenvalue weighted by Crippen LogP contribution is -2.46. The van der Waals surface area contributed by atoms with Gasteiger partial charge in [-0.15, -0.1) is 0 Å². The van der Waals surface area contributed by atoms with Crippen LogP contribution in [0.5, 0.6) is 11.5 Å². The van der Waals surface area contributed by atoms with Crippen molar-refractivity contribution in [3.05, 3.63) is 94.8 Å². The van der Waals surface area contributed by atoms with Crippen molar-refractivity contribution in [1.82, 2.24) is 9.80 Å². The normalized spacial score (nSPS) is 17.2. The molecular formula is C27H27FN2O4. The Kier molecular flexibility index (Phi) is 6.54. The number of methoxy groups -OCH3 is 2. The van der Waals surface area contributed by atoms with Gasteiger partial charge in [-0.05, 0) is 29.3 Å². The molecule has 176 valence electrons. The predicted octanol–water partition coefficient (Wildman–Crippen LogP) is 4.41. The third-order valence-corrected chi connectivity index (χ3v) is 6.30. The van der Waals surface area contributed by atoms with Gasteiger partial charge < -0.3 is 19.3 Å². The average Bonchev–Trinajstić information content (AvgIpc) is 2.86. The Hall–Kier alpha value is -3.87. The van der Waals surface area contributed by atoms with Gasteiger partial charge in [0.15, 0.2) is 11.5 Å². The largest absolute Gasteiger partial charge is 0.493 e. The molecule has 4 rings (SSSR count). The van der Waals surface area contributed by atoms with Crippen LogP contribution >= 0.6 is 0 Å². The molecule has 2 unspecified atom stereocenters. The molecule has 1 heterocycles. The van der Waals surface area contributed by atoms with Gasteiger partial charge in [0.05, 0.1) is 26.2 Å². The Balaban J connectivity index is 1.87. The van der Waals surface area contributed by atoms with Crippen LogP contribution in [-0.4, -0.2) is 49.9 Å². The van der Waals surface area contributed by atoms with E-state index >= 15 is 0 Å². The Morgan fingerprint density at radius 1 is 0.971 bits per heavy atom. The van der Waals surface area contributed by atoms with E-state index in [2.05, 4.69) is 0 Å². The summed E-state index contributed by atoms with van der Waals surface area (Å²) < 4.78 is 25.8. The zero-order valence-corrected chi connectivity index (χ0v) is 19.6. The molecule has 0 bridgehead atoms. The first-order chi connectivity index (χ1) is 16.4. The number of nitrogens with zero attached hydrogens (tertiary/aromatic N) is 2. The maximum absolute atomic E-state index is 15.0. The van der Waals surface area contributed by atoms with E-state index in [1.165, 1.54) is 25.2 Å². The minimum Gasteiger partial charge on any atom is -0.493 e. The molecule has 1 aliphatic heterocycles. The molecule has 2 amide bonds. The van der Waals surface area contributed by atoms with Gasteiger partial charge in [0.25, 0.3) is 5.91 Å². The minimum atomic E-state index is -0.844. The van der Waals surface area contributed by atoms with E-state index in [-0.39, 0.29) is 17.4 Å². The van der Waals surface area contributed by atoms with Crippen molar-refractivity contribution in [1.29, 1.82) is 0 Å². The first-order valence-electron chi connectivity index (χ1n) is 10.9. The van der Waals surface area contributed by atoms with Crippen LogP contribution in [0.2, 0.25) is 0 Å². The number of hydrogen-bond acceptors (Lipinski definition) is 4. The third-order valence-electron chi connectivity index (χ3n) is 6.30. The molecule has 0 spiro atoms. The quantitative estimate of drug-likeness (QED) is 0.545. The molecule has 6 nitrogen and oxygen atoms in total. The Bertz CT molecular complexity index is 1210. The monoisotopic (exact) mass is 462 g/mol. The van der Waals surface area contributed by atoms with Crippen LogP contribution in [0.25, 0.3) is 0 Å². The van der Waals surface area contributed by atoms with Gasteiger partial charge >= 0.3 is 0 Å². The lowest BCUT2D eigenvalue weighted by Gasteiger charge is -2.41. The summed E-state index contributed by atoms with van der Waals surface area (Å²) in [6.45, 7) is 0.375. The predicted molar refractivity (Wildman–Crippen MR) is 126 cm³/mol. The summed E-state index contributed by atoms with van der Waals surface area (Å²) in [6.07, 6.45) is 0. The van der Waals surface area contributed by atoms with Gasteiger partial charge in [0.2, 0.25) is 5.91 Å². The first-order valence-corrected chi connectivity index (χ1v) is 10.9. The van der Waals surface area contributed by atoms with Crippen molar-refractivity contribution in [2.24, 2.45) is 0 Å². The van der Waals surface area contributed by atoms with E-state index < -0.39 is 17.8 Å². The molecule has 7 heteroatoms. The van der Waals surface area contributed by atoms with Crippen molar-refractivity contribution < 1.29 is 23.5 Å². The lowest BCUT2D eigenvalue weighted by molar-refractivity contribution is -0.133. The molecule has 0 aliphatic carbocycles. The van der Waals surface area contributed by atoms with Gasteiger partial charge in [-0.3, -0.25) is 9.59 Å². The van der Waals surface area contributed by atoms with Crippen LogP contribution in [0.4, 0.5) is 4.39 Å². The molecule has 0 radical (unpaired) electrons. The summed E-state index contributed by atoms with van der Waals surface area (Å²) >= 11 is 0. The molecule has 3 aromatic rings. The number of amides is 2. The number of fused-ring (bicyclic) bond motifs is 1. The summed E-state index contributed by atoms with van der Waals surface area (Å²) in [6, 6.07) is 18.3. The summed E-state index contributed by atoms with van der Waals surface area (Å²) in [4.78, 5) is 30.4. The SMILES string of the molecule is COc1cc2c(cc1OC)C(C(=O)N(C)Cc1ccccc1)C(c1ccccc1F)N(C)C2=O. The highest BCUT2D eigenvalue weighted by molar-refractivity contribution is 6.02. The third kappa shape index (κ3) is 4.09. The summed E-state index contributed by atoms with van der Waals surface area (Å²) in [5, 5.41) is 0. The minimum absolute atomic E-state index is 0.232. The van der Waals surface area contributed by atoms with Crippen LogP contribution in [0, 0.1) is 5.82 Å². The van der Waals surface area contributed by atoms with Crippen LogP contribution < -0.4 is 9.47 Å². The number of carbonyl (C=O) groups excluding carboxylic acids is 2. The maximum Gasteiger partial charge on any atom is 0.254 e. The zero-order valence-electron chi connectivity index (χ0n) is 19.6. The standard InChI is InChI=1S/C27H27FN2O4/c1-29(16-17-10-6-5-7-11-17)27(32)24-19-14-22(33-3)23(34-4)15-20(19)26(31)30(2)25(24)18-12-8-9-13-21(18)28/h5-15,24-25H,16H2,1-4H3. The zero-order chi connectivity index (χ0) is 24.4. The van der Waals surface area contributed by atoms with Gasteiger partial charge in [0, 0.05) is 31.8 Å². The molecule has 3 aromatic carbocycles. The molecule has 0 fully saturated rings. The average molecular weight is 463 g/mol. The van der Waals surface area contributed by atoms with E-state index in [1.807, 2.05) is 30.3 Å². The van der Waals surface area contributed by atoms with Crippen LogP contribution in [0.3, 0.4) is 0 Å². The van der Waals surface area contributed by atoms with E-state index in [9.17, 15) is 14.0 Å². The van der Waals surface area contributed by atoms with Crippen molar-refractivity contribution in [3.63, 3.8) is 0 Å². The van der Waals surface area contributed by atoms with Crippen molar-refractivity contribution in [2.75, 3.05) is 28.3 Å². The molecule has 34 heavy (non-hydrogen) atoms. The molecule has 0 N–H and O–H groups in total. The number of hydrogen-bond donors (Lipinski definition) is 0. The molecule has 0 aromatic heterocycles. The fourth-order valence-electron chi connectivity index (χ4n) is 4.59. The molecule has 1 aliphatic rings. The number of ether oxygens (including phenoxy) is 2. The van der Waals surface area contributed by atoms with Gasteiger partial charge in [-0.1, -0.05) is 48.5 Å². The molecule has 2 atom stereocenters. The van der Waals surface area contributed by atoms with Gasteiger partial charge in [-0.25, -0.2) is 4.39 Å². The molecular weight excluding hydrogens is 435 g/mol. The summed E-state index contributed by atoms with van der Waals surface area (Å²) in [7, 11) is 6.29. The summed E-state index contributed by atoms with van der Waals surface area (Å²) in [5.41, 5.74) is 2.07. The van der Waals surface area contributed by atoms with Crippen molar-refractivity contribution >= 4 is 11.8 Å². The van der Waals surface area contributed by atoms with E-state index in [0.29, 0.717) is 29.2 Å². The second-order valence-corrected chi connectivity index (χ2v) is 8.33. The Morgan fingerprint density at radius 3 is 2.24 bits per heavy atom. The van der Waals surface area contributed by atoms with Crippen molar-refractivity contribution in [3.8, 4) is 11.5 Å². The second-order valence-electron chi connectivity index (χ2n) is 8.33. The molecule has 0 saturated carbocycles. The highest BCUT2D eigenvalue weighted by Gasteiger charge is 2.45. The Morgan fingerprint density at radius 2 is 1.59 bits per heavy atom. The van der Waals surface area contributed by atoms with E-state index in [4.69, 9.17) is 9.47 Å². The lowest BCUT2D eigenvalue weighted by atomic mass is 9.78. The smallest absolute Gasteiger partial charge is 0.254 e. The highest BCUT2D eigenvalue weighted by Crippen LogP contribution is 2.46. The van der Waals surface area contributed by atoms with Gasteiger partial charge in [0.1, 0.15) is 5.82 Å². The Labute approximate surface area is 198 Å². The maximum atomic E-state index is 15.0. The second kappa shape index (κ2) is 9.55. The highest BCUT2D eigenvalue weighted by atomic mass is 19.1. The van der Waals surface area contributed by atoms with Crippen LogP contribution in [0.1, 0.15) is 39.0 Å². The van der Waals surface area contributed by atoms with E-state index in [0.717, 1.165) is 5.56 Å². The molecule has 0 saturated heterocycles. The van der Waals surface area contributed by atoms with Gasteiger partial charge in [-0.2, -0.15) is 0 Å². The number of carbonyl (C=O) groups is 2. The number of likely N-dealkylation sites (N-methyl/N-ethyl adjacent to an activating group) is 2. The topological polar surface area (TPSA) is 59.1 Å². The first kappa shape index (κ1) is 23.3. The number of halogens is 1. The number of rotatable bonds is 6. The fourth-order valence-corrected chi connectivity index (χ4v) is 4.59. The summed E-state index contributed by atoms with van der Waals surface area (Å²) in [5.74, 6) is -1.09. The van der Waals surface area contributed by atoms with Crippen molar-refractivity contribution in [2.45, 2.75) is 18.5 Å². The van der Waals surface area contributed by atoms with Crippen LogP contribution in [0.15, 0.2) is 66.7 Å². The van der Waals surface area contributed by atoms with E-state index in [1.54, 1.807) is 49.3 Å². The number of benzene rings is 3.